The molecule has 17 heavy (non-hydrogen) atoms. The highest BCUT2D eigenvalue weighted by atomic mass is 19.3. The Morgan fingerprint density at radius 3 is 2.47 bits per heavy atom. The molecule has 0 aliphatic heterocycles. The van der Waals surface area contributed by atoms with Crippen LogP contribution in [0, 0.1) is 6.92 Å². The standard InChI is InChI=1S/C11H13F2NO3/c1-5-3-4-6(10(12)13)9(17-2)7(5)8(14)11(15)16/h3-4,8,10H,14H2,1-2H3,(H,15,16). The Kier molecular flexibility index (Phi) is 4.01. The maximum Gasteiger partial charge on any atom is 0.325 e. The zero-order valence-corrected chi connectivity index (χ0v) is 9.41. The Hall–Kier alpha value is -1.69. The number of hydrogen-bond acceptors (Lipinski definition) is 3. The average Bonchev–Trinajstić information content (AvgIpc) is 2.26. The lowest BCUT2D eigenvalue weighted by Gasteiger charge is -2.18. The van der Waals surface area contributed by atoms with Gasteiger partial charge in [-0.2, -0.15) is 0 Å². The first-order valence-corrected chi connectivity index (χ1v) is 4.84. The van der Waals surface area contributed by atoms with Crippen LogP contribution in [-0.4, -0.2) is 18.2 Å². The normalized spacial score (nSPS) is 12.6. The van der Waals surface area contributed by atoms with E-state index in [1.165, 1.54) is 19.2 Å². The first kappa shape index (κ1) is 13.4. The SMILES string of the molecule is COc1c(C(F)F)ccc(C)c1C(N)C(=O)O. The fraction of sp³-hybridized carbons (Fsp3) is 0.364. The summed E-state index contributed by atoms with van der Waals surface area (Å²) in [6, 6.07) is 1.22. The molecule has 94 valence electrons. The van der Waals surface area contributed by atoms with E-state index in [2.05, 4.69) is 0 Å². The molecule has 3 N–H and O–H groups in total. The molecule has 1 atom stereocenters. The zero-order chi connectivity index (χ0) is 13.2. The van der Waals surface area contributed by atoms with Crippen LogP contribution in [0.15, 0.2) is 12.1 Å². The molecule has 4 nitrogen and oxygen atoms in total. The van der Waals surface area contributed by atoms with Gasteiger partial charge in [0.15, 0.2) is 0 Å². The molecular formula is C11H13F2NO3. The van der Waals surface area contributed by atoms with E-state index in [0.717, 1.165) is 0 Å². The quantitative estimate of drug-likeness (QED) is 0.851. The fourth-order valence-corrected chi connectivity index (χ4v) is 1.62. The van der Waals surface area contributed by atoms with Gasteiger partial charge in [-0.1, -0.05) is 6.07 Å². The van der Waals surface area contributed by atoms with Crippen LogP contribution in [0.1, 0.15) is 29.2 Å². The van der Waals surface area contributed by atoms with E-state index in [1.807, 2.05) is 0 Å². The Morgan fingerprint density at radius 2 is 2.06 bits per heavy atom. The Morgan fingerprint density at radius 1 is 1.47 bits per heavy atom. The lowest BCUT2D eigenvalue weighted by atomic mass is 9.97. The fourth-order valence-electron chi connectivity index (χ4n) is 1.62. The highest BCUT2D eigenvalue weighted by molar-refractivity contribution is 5.77. The molecule has 0 bridgehead atoms. The smallest absolute Gasteiger partial charge is 0.325 e. The first-order chi connectivity index (χ1) is 7.90. The van der Waals surface area contributed by atoms with Gasteiger partial charge in [0.05, 0.1) is 12.7 Å². The Balaban J connectivity index is 3.45. The third kappa shape index (κ3) is 2.52. The molecule has 1 unspecified atom stereocenters. The molecule has 0 saturated heterocycles. The van der Waals surface area contributed by atoms with Gasteiger partial charge in [-0.05, 0) is 18.6 Å². The number of carboxylic acid groups (broad SMARTS) is 1. The molecular weight excluding hydrogens is 232 g/mol. The van der Waals surface area contributed by atoms with Crippen LogP contribution in [0.4, 0.5) is 8.78 Å². The number of carboxylic acids is 1. The first-order valence-electron chi connectivity index (χ1n) is 4.84. The Bertz CT molecular complexity index is 435. The highest BCUT2D eigenvalue weighted by Gasteiger charge is 2.26. The summed E-state index contributed by atoms with van der Waals surface area (Å²) in [6.45, 7) is 1.59. The van der Waals surface area contributed by atoms with E-state index in [1.54, 1.807) is 6.92 Å². The number of nitrogens with two attached hydrogens (primary N) is 1. The molecule has 1 aromatic rings. The summed E-state index contributed by atoms with van der Waals surface area (Å²) in [5, 5.41) is 8.84. The number of methoxy groups -OCH3 is 1. The lowest BCUT2D eigenvalue weighted by molar-refractivity contribution is -0.138. The van der Waals surface area contributed by atoms with Gasteiger partial charge in [-0.3, -0.25) is 4.79 Å². The van der Waals surface area contributed by atoms with Crippen molar-refractivity contribution in [2.45, 2.75) is 19.4 Å². The summed E-state index contributed by atoms with van der Waals surface area (Å²) in [7, 11) is 1.21. The van der Waals surface area contributed by atoms with Crippen molar-refractivity contribution in [3.8, 4) is 5.75 Å². The van der Waals surface area contributed by atoms with E-state index < -0.39 is 18.4 Å². The monoisotopic (exact) mass is 245 g/mol. The molecule has 0 heterocycles. The number of carbonyl (C=O) groups is 1. The van der Waals surface area contributed by atoms with Gasteiger partial charge < -0.3 is 15.6 Å². The lowest BCUT2D eigenvalue weighted by Crippen LogP contribution is -2.22. The molecule has 0 fully saturated rings. The van der Waals surface area contributed by atoms with Crippen LogP contribution < -0.4 is 10.5 Å². The van der Waals surface area contributed by atoms with E-state index in [-0.39, 0.29) is 16.9 Å². The van der Waals surface area contributed by atoms with E-state index in [4.69, 9.17) is 15.6 Å². The Labute approximate surface area is 97.0 Å². The number of aryl methyl sites for hydroxylation is 1. The average molecular weight is 245 g/mol. The van der Waals surface area contributed by atoms with Gasteiger partial charge in [-0.25, -0.2) is 8.78 Å². The van der Waals surface area contributed by atoms with E-state index >= 15 is 0 Å². The molecule has 1 rings (SSSR count). The number of benzene rings is 1. The van der Waals surface area contributed by atoms with Crippen molar-refractivity contribution in [1.29, 1.82) is 0 Å². The van der Waals surface area contributed by atoms with E-state index in [0.29, 0.717) is 5.56 Å². The topological polar surface area (TPSA) is 72.5 Å². The third-order valence-electron chi connectivity index (χ3n) is 2.46. The minimum absolute atomic E-state index is 0.0813. The van der Waals surface area contributed by atoms with Crippen LogP contribution >= 0.6 is 0 Å². The van der Waals surface area contributed by atoms with Gasteiger partial charge in [0.1, 0.15) is 11.8 Å². The van der Waals surface area contributed by atoms with Gasteiger partial charge in [-0.15, -0.1) is 0 Å². The second kappa shape index (κ2) is 5.09. The maximum absolute atomic E-state index is 12.7. The van der Waals surface area contributed by atoms with Crippen molar-refractivity contribution in [2.24, 2.45) is 5.73 Å². The van der Waals surface area contributed by atoms with Crippen LogP contribution in [-0.2, 0) is 4.79 Å². The zero-order valence-electron chi connectivity index (χ0n) is 9.41. The number of halogens is 2. The number of hydrogen-bond donors (Lipinski definition) is 2. The summed E-state index contributed by atoms with van der Waals surface area (Å²) in [6.07, 6.45) is -2.75. The maximum atomic E-state index is 12.7. The van der Waals surface area contributed by atoms with E-state index in [9.17, 15) is 13.6 Å². The van der Waals surface area contributed by atoms with Crippen LogP contribution in [0.3, 0.4) is 0 Å². The van der Waals surface area contributed by atoms with Gasteiger partial charge in [0.25, 0.3) is 6.43 Å². The predicted molar refractivity (Wildman–Crippen MR) is 57.3 cm³/mol. The molecule has 0 amide bonds. The predicted octanol–water partition coefficient (Wildman–Crippen LogP) is 2.03. The second-order valence-corrected chi connectivity index (χ2v) is 3.54. The van der Waals surface area contributed by atoms with Gasteiger partial charge in [0.2, 0.25) is 0 Å². The summed E-state index contributed by atoms with van der Waals surface area (Å²) in [4.78, 5) is 10.8. The van der Waals surface area contributed by atoms with Crippen molar-refractivity contribution in [2.75, 3.05) is 7.11 Å². The molecule has 1 aromatic carbocycles. The largest absolute Gasteiger partial charge is 0.496 e. The molecule has 0 radical (unpaired) electrons. The number of ether oxygens (including phenoxy) is 1. The third-order valence-corrected chi connectivity index (χ3v) is 2.46. The molecule has 0 aliphatic rings. The summed E-state index contributed by atoms with van der Waals surface area (Å²) in [5.74, 6) is -1.45. The summed E-state index contributed by atoms with van der Waals surface area (Å²) >= 11 is 0. The molecule has 0 saturated carbocycles. The van der Waals surface area contributed by atoms with Crippen LogP contribution in [0.5, 0.6) is 5.75 Å². The molecule has 6 heteroatoms. The van der Waals surface area contributed by atoms with Crippen molar-refractivity contribution in [3.63, 3.8) is 0 Å². The number of rotatable bonds is 4. The van der Waals surface area contributed by atoms with Crippen molar-refractivity contribution < 1.29 is 23.4 Å². The molecule has 0 aromatic heterocycles. The number of aliphatic carboxylic acids is 1. The van der Waals surface area contributed by atoms with Crippen molar-refractivity contribution in [1.82, 2.24) is 0 Å². The minimum atomic E-state index is -2.75. The van der Waals surface area contributed by atoms with Crippen molar-refractivity contribution in [3.05, 3.63) is 28.8 Å². The summed E-state index contributed by atoms with van der Waals surface area (Å²) in [5.41, 5.74) is 5.69. The minimum Gasteiger partial charge on any atom is -0.496 e. The summed E-state index contributed by atoms with van der Waals surface area (Å²) < 4.78 is 30.3. The van der Waals surface area contributed by atoms with Crippen LogP contribution in [0.25, 0.3) is 0 Å². The van der Waals surface area contributed by atoms with Crippen molar-refractivity contribution >= 4 is 5.97 Å². The van der Waals surface area contributed by atoms with Gasteiger partial charge in [0, 0.05) is 5.56 Å². The van der Waals surface area contributed by atoms with Gasteiger partial charge >= 0.3 is 5.97 Å². The molecule has 0 spiro atoms. The number of alkyl halides is 2. The second-order valence-electron chi connectivity index (χ2n) is 3.54. The highest BCUT2D eigenvalue weighted by Crippen LogP contribution is 2.36. The molecule has 0 aliphatic carbocycles. The van der Waals surface area contributed by atoms with Crippen LogP contribution in [0.2, 0.25) is 0 Å².